The fraction of sp³-hybridized carbons (Fsp3) is 0.400. The van der Waals surface area contributed by atoms with Crippen molar-refractivity contribution in [2.45, 2.75) is 13.3 Å². The van der Waals surface area contributed by atoms with Gasteiger partial charge in [-0.1, -0.05) is 0 Å². The Morgan fingerprint density at radius 3 is 2.80 bits per heavy atom. The number of hydrogen-bond donors (Lipinski definition) is 0. The molecule has 80 valence electrons. The van der Waals surface area contributed by atoms with Gasteiger partial charge in [0.2, 0.25) is 0 Å². The Bertz CT molecular complexity index is 385. The van der Waals surface area contributed by atoms with Crippen LogP contribution in [0, 0.1) is 18.3 Å². The van der Waals surface area contributed by atoms with Crippen molar-refractivity contribution in [3.8, 4) is 6.07 Å². The maximum absolute atomic E-state index is 12.2. The van der Waals surface area contributed by atoms with E-state index in [1.807, 2.05) is 6.07 Å². The summed E-state index contributed by atoms with van der Waals surface area (Å²) in [5, 5.41) is 8.88. The average molecular weight is 211 g/mol. The van der Waals surface area contributed by atoms with Crippen LogP contribution in [0.2, 0.25) is 0 Å². The molecule has 1 rings (SSSR count). The summed E-state index contributed by atoms with van der Waals surface area (Å²) >= 11 is 0. The first-order valence-electron chi connectivity index (χ1n) is 4.41. The van der Waals surface area contributed by atoms with E-state index in [1.165, 1.54) is 18.1 Å². The summed E-state index contributed by atoms with van der Waals surface area (Å²) in [6.45, 7) is 1.32. The van der Waals surface area contributed by atoms with Gasteiger partial charge in [-0.15, -0.1) is 0 Å². The molecule has 5 heteroatoms. The van der Waals surface area contributed by atoms with Gasteiger partial charge < -0.3 is 4.90 Å². The Kier molecular flexibility index (Phi) is 3.56. The van der Waals surface area contributed by atoms with E-state index >= 15 is 0 Å². The van der Waals surface area contributed by atoms with Crippen molar-refractivity contribution in [3.63, 3.8) is 0 Å². The van der Waals surface area contributed by atoms with Gasteiger partial charge in [-0.3, -0.25) is 0 Å². The van der Waals surface area contributed by atoms with Gasteiger partial charge in [-0.2, -0.15) is 5.26 Å². The molecule has 0 spiro atoms. The van der Waals surface area contributed by atoms with Crippen LogP contribution in [0.15, 0.2) is 12.3 Å². The number of pyridine rings is 1. The van der Waals surface area contributed by atoms with Crippen molar-refractivity contribution >= 4 is 5.82 Å². The molecule has 0 aromatic carbocycles. The Balaban J connectivity index is 3.04. The maximum Gasteiger partial charge on any atom is 0.255 e. The van der Waals surface area contributed by atoms with Gasteiger partial charge in [0.25, 0.3) is 6.43 Å². The van der Waals surface area contributed by atoms with Crippen LogP contribution in [0.1, 0.15) is 11.1 Å². The van der Waals surface area contributed by atoms with E-state index in [1.54, 1.807) is 13.0 Å². The van der Waals surface area contributed by atoms with Crippen LogP contribution < -0.4 is 4.90 Å². The molecular formula is C10H11F2N3. The fourth-order valence-corrected chi connectivity index (χ4v) is 1.26. The van der Waals surface area contributed by atoms with Crippen LogP contribution in [0.4, 0.5) is 14.6 Å². The second-order valence-electron chi connectivity index (χ2n) is 3.21. The zero-order valence-corrected chi connectivity index (χ0v) is 8.54. The molecule has 0 fully saturated rings. The van der Waals surface area contributed by atoms with Crippen LogP contribution in [0.5, 0.6) is 0 Å². The van der Waals surface area contributed by atoms with Crippen molar-refractivity contribution in [1.82, 2.24) is 4.98 Å². The monoisotopic (exact) mass is 211 g/mol. The molecule has 3 nitrogen and oxygen atoms in total. The summed E-state index contributed by atoms with van der Waals surface area (Å²) in [7, 11) is 1.49. The third kappa shape index (κ3) is 2.62. The predicted molar refractivity (Wildman–Crippen MR) is 53.0 cm³/mol. The Morgan fingerprint density at radius 2 is 2.27 bits per heavy atom. The number of anilines is 1. The number of nitrogens with zero attached hydrogens (tertiary/aromatic N) is 3. The van der Waals surface area contributed by atoms with Crippen LogP contribution in [-0.2, 0) is 0 Å². The topological polar surface area (TPSA) is 39.9 Å². The van der Waals surface area contributed by atoms with Crippen LogP contribution in [0.25, 0.3) is 0 Å². The number of rotatable bonds is 3. The van der Waals surface area contributed by atoms with Gasteiger partial charge >= 0.3 is 0 Å². The molecule has 0 aliphatic heterocycles. The third-order valence-corrected chi connectivity index (χ3v) is 2.02. The lowest BCUT2D eigenvalue weighted by Gasteiger charge is -2.19. The zero-order valence-electron chi connectivity index (χ0n) is 8.54. The van der Waals surface area contributed by atoms with E-state index in [-0.39, 0.29) is 0 Å². The number of nitriles is 1. The normalized spacial score (nSPS) is 10.1. The number of halogens is 2. The molecule has 0 saturated heterocycles. The quantitative estimate of drug-likeness (QED) is 0.767. The van der Waals surface area contributed by atoms with E-state index in [0.717, 1.165) is 5.56 Å². The van der Waals surface area contributed by atoms with Gasteiger partial charge in [0.05, 0.1) is 12.1 Å². The van der Waals surface area contributed by atoms with E-state index in [4.69, 9.17) is 5.26 Å². The molecule has 1 aromatic heterocycles. The number of aryl methyl sites for hydroxylation is 1. The summed E-state index contributed by atoms with van der Waals surface area (Å²) in [5.74, 6) is 0.304. The summed E-state index contributed by atoms with van der Waals surface area (Å²) in [5.41, 5.74) is 1.09. The summed E-state index contributed by atoms with van der Waals surface area (Å²) in [6, 6.07) is 3.65. The predicted octanol–water partition coefficient (Wildman–Crippen LogP) is 1.96. The number of alkyl halides is 2. The minimum Gasteiger partial charge on any atom is -0.353 e. The zero-order chi connectivity index (χ0) is 11.4. The number of hydrogen-bond acceptors (Lipinski definition) is 3. The molecule has 0 atom stereocenters. The standard InChI is InChI=1S/C10H11F2N3/c1-7-3-4-14-10(8(7)5-13)15(2)6-9(11)12/h3-4,9H,6H2,1-2H3. The SMILES string of the molecule is Cc1ccnc(N(C)CC(F)F)c1C#N. The minimum atomic E-state index is -2.44. The minimum absolute atomic E-state index is 0.304. The highest BCUT2D eigenvalue weighted by molar-refractivity contribution is 5.56. The van der Waals surface area contributed by atoms with E-state index in [2.05, 4.69) is 4.98 Å². The van der Waals surface area contributed by atoms with E-state index in [9.17, 15) is 8.78 Å². The highest BCUT2D eigenvalue weighted by atomic mass is 19.3. The molecule has 0 N–H and O–H groups in total. The molecule has 0 radical (unpaired) electrons. The maximum atomic E-state index is 12.2. The summed E-state index contributed by atoms with van der Waals surface area (Å²) < 4.78 is 24.3. The van der Waals surface area contributed by atoms with Gasteiger partial charge in [-0.05, 0) is 18.6 Å². The lowest BCUT2D eigenvalue weighted by atomic mass is 10.1. The van der Waals surface area contributed by atoms with Crippen molar-refractivity contribution in [1.29, 1.82) is 5.26 Å². The van der Waals surface area contributed by atoms with Gasteiger partial charge in [-0.25, -0.2) is 13.8 Å². The molecule has 0 saturated carbocycles. The van der Waals surface area contributed by atoms with Crippen molar-refractivity contribution in [3.05, 3.63) is 23.4 Å². The third-order valence-electron chi connectivity index (χ3n) is 2.02. The Hall–Kier alpha value is -1.70. The second kappa shape index (κ2) is 4.69. The van der Waals surface area contributed by atoms with E-state index in [0.29, 0.717) is 11.4 Å². The van der Waals surface area contributed by atoms with Gasteiger partial charge in [0.15, 0.2) is 0 Å². The fourth-order valence-electron chi connectivity index (χ4n) is 1.26. The highest BCUT2D eigenvalue weighted by Crippen LogP contribution is 2.19. The molecule has 0 aliphatic carbocycles. The molecular weight excluding hydrogens is 200 g/mol. The van der Waals surface area contributed by atoms with Gasteiger partial charge in [0.1, 0.15) is 11.9 Å². The molecule has 0 aliphatic rings. The van der Waals surface area contributed by atoms with Crippen molar-refractivity contribution in [2.24, 2.45) is 0 Å². The second-order valence-corrected chi connectivity index (χ2v) is 3.21. The lowest BCUT2D eigenvalue weighted by Crippen LogP contribution is -2.25. The molecule has 1 aromatic rings. The smallest absolute Gasteiger partial charge is 0.255 e. The Labute approximate surface area is 87.0 Å². The molecule has 0 bridgehead atoms. The number of aromatic nitrogens is 1. The highest BCUT2D eigenvalue weighted by Gasteiger charge is 2.14. The van der Waals surface area contributed by atoms with Crippen LogP contribution >= 0.6 is 0 Å². The molecule has 0 amide bonds. The van der Waals surface area contributed by atoms with Crippen molar-refractivity contribution < 1.29 is 8.78 Å². The lowest BCUT2D eigenvalue weighted by molar-refractivity contribution is 0.156. The molecule has 0 unspecified atom stereocenters. The van der Waals surface area contributed by atoms with Gasteiger partial charge in [0, 0.05) is 13.2 Å². The Morgan fingerprint density at radius 1 is 1.60 bits per heavy atom. The average Bonchev–Trinajstić information content (AvgIpc) is 2.16. The summed E-state index contributed by atoms with van der Waals surface area (Å²) in [4.78, 5) is 5.22. The van der Waals surface area contributed by atoms with Crippen LogP contribution in [0.3, 0.4) is 0 Å². The molecule has 1 heterocycles. The molecule has 15 heavy (non-hydrogen) atoms. The first-order chi connectivity index (χ1) is 7.06. The first-order valence-corrected chi connectivity index (χ1v) is 4.41. The van der Waals surface area contributed by atoms with E-state index < -0.39 is 13.0 Å². The van der Waals surface area contributed by atoms with Crippen LogP contribution in [-0.4, -0.2) is 25.0 Å². The largest absolute Gasteiger partial charge is 0.353 e. The van der Waals surface area contributed by atoms with Crippen molar-refractivity contribution in [2.75, 3.05) is 18.5 Å². The first kappa shape index (κ1) is 11.4. The summed E-state index contributed by atoms with van der Waals surface area (Å²) in [6.07, 6.45) is -0.933.